The second kappa shape index (κ2) is 9.32. The molecule has 0 saturated heterocycles. The number of nitrogens with one attached hydrogen (secondary N) is 1. The molecule has 7 nitrogen and oxygen atoms in total. The molecule has 0 spiro atoms. The number of aliphatic carboxylic acids is 2. The number of amides is 1. The van der Waals surface area contributed by atoms with Crippen LogP contribution in [0.3, 0.4) is 0 Å². The summed E-state index contributed by atoms with van der Waals surface area (Å²) in [5.74, 6) is -2.20. The van der Waals surface area contributed by atoms with Crippen molar-refractivity contribution in [1.82, 2.24) is 5.32 Å². The number of carboxylic acids is 2. The molecule has 0 heterocycles. The van der Waals surface area contributed by atoms with Crippen molar-refractivity contribution in [2.45, 2.75) is 45.1 Å². The van der Waals surface area contributed by atoms with Crippen molar-refractivity contribution in [1.29, 1.82) is 0 Å². The first-order chi connectivity index (χ1) is 8.86. The van der Waals surface area contributed by atoms with Crippen molar-refractivity contribution in [3.63, 3.8) is 0 Å². The summed E-state index contributed by atoms with van der Waals surface area (Å²) in [6.45, 7) is 2.34. The van der Waals surface area contributed by atoms with E-state index in [0.717, 1.165) is 6.42 Å². The first-order valence-electron chi connectivity index (χ1n) is 6.33. The minimum Gasteiger partial charge on any atom is -0.481 e. The molecule has 0 aromatic heterocycles. The number of carbonyl (C=O) groups excluding carboxylic acids is 1. The van der Waals surface area contributed by atoms with Crippen LogP contribution in [0.5, 0.6) is 0 Å². The Balaban J connectivity index is 3.89. The van der Waals surface area contributed by atoms with E-state index >= 15 is 0 Å². The van der Waals surface area contributed by atoms with E-state index in [0.29, 0.717) is 19.4 Å². The van der Waals surface area contributed by atoms with E-state index in [9.17, 15) is 14.4 Å². The molecule has 2 unspecified atom stereocenters. The summed E-state index contributed by atoms with van der Waals surface area (Å²) in [5, 5.41) is 19.6. The van der Waals surface area contributed by atoms with Crippen LogP contribution >= 0.6 is 0 Å². The molecule has 110 valence electrons. The highest BCUT2D eigenvalue weighted by Gasteiger charge is 2.17. The molecule has 0 aromatic carbocycles. The Morgan fingerprint density at radius 3 is 2.26 bits per heavy atom. The summed E-state index contributed by atoms with van der Waals surface area (Å²) < 4.78 is 0. The Morgan fingerprint density at radius 2 is 1.79 bits per heavy atom. The first kappa shape index (κ1) is 17.4. The molecule has 1 amide bonds. The third kappa shape index (κ3) is 9.01. The van der Waals surface area contributed by atoms with Crippen molar-refractivity contribution in [3.05, 3.63) is 0 Å². The number of carboxylic acid groups (broad SMARTS) is 2. The predicted molar refractivity (Wildman–Crippen MR) is 68.5 cm³/mol. The normalized spacial score (nSPS) is 13.6. The van der Waals surface area contributed by atoms with Crippen molar-refractivity contribution in [2.24, 2.45) is 11.7 Å². The molecule has 0 aliphatic carbocycles. The van der Waals surface area contributed by atoms with Gasteiger partial charge < -0.3 is 21.3 Å². The highest BCUT2D eigenvalue weighted by molar-refractivity contribution is 5.85. The van der Waals surface area contributed by atoms with Crippen LogP contribution < -0.4 is 11.1 Å². The molecular formula is C12H22N2O5. The van der Waals surface area contributed by atoms with Gasteiger partial charge in [0.2, 0.25) is 5.91 Å². The van der Waals surface area contributed by atoms with Crippen LogP contribution in [0, 0.1) is 5.92 Å². The Morgan fingerprint density at radius 1 is 1.16 bits per heavy atom. The van der Waals surface area contributed by atoms with Gasteiger partial charge in [0.05, 0.1) is 12.5 Å². The van der Waals surface area contributed by atoms with E-state index in [-0.39, 0.29) is 12.3 Å². The molecule has 0 aliphatic rings. The summed E-state index contributed by atoms with van der Waals surface area (Å²) >= 11 is 0. The van der Waals surface area contributed by atoms with Crippen LogP contribution in [-0.2, 0) is 14.4 Å². The Hall–Kier alpha value is -1.63. The summed E-state index contributed by atoms with van der Waals surface area (Å²) in [4.78, 5) is 32.2. The molecule has 0 saturated carbocycles. The lowest BCUT2D eigenvalue weighted by Crippen LogP contribution is -2.42. The standard InChI is InChI=1S/C12H22N2O5/c1-2-8(3-4-10(15)16)5-6-14-12(19)9(13)7-11(17)18/h8-9H,2-7,13H2,1H3,(H,14,19)(H,15,16)(H,17,18). The van der Waals surface area contributed by atoms with Gasteiger partial charge >= 0.3 is 11.9 Å². The molecule has 0 aliphatic heterocycles. The van der Waals surface area contributed by atoms with Gasteiger partial charge in [-0.15, -0.1) is 0 Å². The number of rotatable bonds is 10. The summed E-state index contributed by atoms with van der Waals surface area (Å²) in [6.07, 6.45) is 1.79. The largest absolute Gasteiger partial charge is 0.481 e. The maximum Gasteiger partial charge on any atom is 0.305 e. The smallest absolute Gasteiger partial charge is 0.305 e. The summed E-state index contributed by atoms with van der Waals surface area (Å²) in [6, 6.07) is -1.04. The fourth-order valence-corrected chi connectivity index (χ4v) is 1.69. The van der Waals surface area contributed by atoms with Crippen LogP contribution in [0.25, 0.3) is 0 Å². The second-order valence-corrected chi connectivity index (χ2v) is 4.49. The Kier molecular flexibility index (Phi) is 8.52. The van der Waals surface area contributed by atoms with Gasteiger partial charge in [0.25, 0.3) is 0 Å². The molecule has 2 atom stereocenters. The lowest BCUT2D eigenvalue weighted by atomic mass is 9.96. The highest BCUT2D eigenvalue weighted by Crippen LogP contribution is 2.14. The van der Waals surface area contributed by atoms with Crippen LogP contribution in [-0.4, -0.2) is 40.6 Å². The van der Waals surface area contributed by atoms with Crippen molar-refractivity contribution in [2.75, 3.05) is 6.54 Å². The SMILES string of the molecule is CCC(CCNC(=O)C(N)CC(=O)O)CCC(=O)O. The van der Waals surface area contributed by atoms with Crippen LogP contribution in [0.1, 0.15) is 39.0 Å². The van der Waals surface area contributed by atoms with E-state index in [4.69, 9.17) is 15.9 Å². The highest BCUT2D eigenvalue weighted by atomic mass is 16.4. The van der Waals surface area contributed by atoms with Crippen LogP contribution in [0.4, 0.5) is 0 Å². The maximum atomic E-state index is 11.4. The van der Waals surface area contributed by atoms with Gasteiger partial charge in [-0.25, -0.2) is 0 Å². The monoisotopic (exact) mass is 274 g/mol. The quantitative estimate of drug-likeness (QED) is 0.450. The predicted octanol–water partition coefficient (Wildman–Crippen LogP) is 0.186. The van der Waals surface area contributed by atoms with E-state index in [2.05, 4.69) is 5.32 Å². The molecule has 7 heteroatoms. The molecule has 0 radical (unpaired) electrons. The second-order valence-electron chi connectivity index (χ2n) is 4.49. The van der Waals surface area contributed by atoms with Gasteiger partial charge in [0, 0.05) is 13.0 Å². The average Bonchev–Trinajstić information content (AvgIpc) is 2.31. The van der Waals surface area contributed by atoms with Gasteiger partial charge in [-0.1, -0.05) is 13.3 Å². The maximum absolute atomic E-state index is 11.4. The third-order valence-corrected chi connectivity index (χ3v) is 2.93. The number of nitrogens with two attached hydrogens (primary N) is 1. The number of carbonyl (C=O) groups is 3. The van der Waals surface area contributed by atoms with Crippen molar-refractivity contribution < 1.29 is 24.6 Å². The fourth-order valence-electron chi connectivity index (χ4n) is 1.69. The van der Waals surface area contributed by atoms with E-state index < -0.39 is 30.3 Å². The molecular weight excluding hydrogens is 252 g/mol. The van der Waals surface area contributed by atoms with E-state index in [1.807, 2.05) is 6.92 Å². The molecule has 0 aromatic rings. The average molecular weight is 274 g/mol. The van der Waals surface area contributed by atoms with Crippen molar-refractivity contribution in [3.8, 4) is 0 Å². The van der Waals surface area contributed by atoms with Crippen LogP contribution in [0.15, 0.2) is 0 Å². The van der Waals surface area contributed by atoms with Crippen molar-refractivity contribution >= 4 is 17.8 Å². The first-order valence-corrected chi connectivity index (χ1v) is 6.33. The zero-order valence-electron chi connectivity index (χ0n) is 11.1. The van der Waals surface area contributed by atoms with Gasteiger partial charge in [-0.2, -0.15) is 0 Å². The molecule has 5 N–H and O–H groups in total. The lowest BCUT2D eigenvalue weighted by Gasteiger charge is -2.15. The molecule has 0 rings (SSSR count). The zero-order chi connectivity index (χ0) is 14.8. The topological polar surface area (TPSA) is 130 Å². The van der Waals surface area contributed by atoms with Crippen LogP contribution in [0.2, 0.25) is 0 Å². The lowest BCUT2D eigenvalue weighted by molar-refractivity contribution is -0.139. The van der Waals surface area contributed by atoms with Gasteiger partial charge in [-0.05, 0) is 18.8 Å². The third-order valence-electron chi connectivity index (χ3n) is 2.93. The van der Waals surface area contributed by atoms with Gasteiger partial charge in [-0.3, -0.25) is 14.4 Å². The number of hydrogen-bond acceptors (Lipinski definition) is 4. The zero-order valence-corrected chi connectivity index (χ0v) is 11.1. The van der Waals surface area contributed by atoms with E-state index in [1.54, 1.807) is 0 Å². The summed E-state index contributed by atoms with van der Waals surface area (Å²) in [7, 11) is 0. The minimum atomic E-state index is -1.12. The Bertz CT molecular complexity index is 319. The number of hydrogen-bond donors (Lipinski definition) is 4. The van der Waals surface area contributed by atoms with Gasteiger partial charge in [0.1, 0.15) is 0 Å². The molecule has 0 fully saturated rings. The minimum absolute atomic E-state index is 0.116. The van der Waals surface area contributed by atoms with Gasteiger partial charge in [0.15, 0.2) is 0 Å². The summed E-state index contributed by atoms with van der Waals surface area (Å²) in [5.41, 5.74) is 5.40. The fraction of sp³-hybridized carbons (Fsp3) is 0.750. The molecule has 19 heavy (non-hydrogen) atoms. The Labute approximate surface area is 112 Å². The molecule has 0 bridgehead atoms. The van der Waals surface area contributed by atoms with E-state index in [1.165, 1.54) is 0 Å².